The number of rotatable bonds is 3. The summed E-state index contributed by atoms with van der Waals surface area (Å²) in [5, 5.41) is 0. The highest BCUT2D eigenvalue weighted by molar-refractivity contribution is 9.10. The summed E-state index contributed by atoms with van der Waals surface area (Å²) in [5.74, 6) is 0.917. The van der Waals surface area contributed by atoms with Crippen LogP contribution in [0.15, 0.2) is 62.8 Å². The van der Waals surface area contributed by atoms with Gasteiger partial charge in [-0.05, 0) is 51.9 Å². The van der Waals surface area contributed by atoms with Gasteiger partial charge in [-0.1, -0.05) is 30.3 Å². The molecular formula is C15H14BrNO2S2. The van der Waals surface area contributed by atoms with Gasteiger partial charge in [0.1, 0.15) is 0 Å². The molecule has 1 aliphatic heterocycles. The van der Waals surface area contributed by atoms with E-state index in [-0.39, 0.29) is 10.9 Å². The first-order valence-electron chi connectivity index (χ1n) is 6.56. The van der Waals surface area contributed by atoms with Crippen molar-refractivity contribution in [1.82, 2.24) is 4.72 Å². The summed E-state index contributed by atoms with van der Waals surface area (Å²) in [7, 11) is -3.54. The van der Waals surface area contributed by atoms with E-state index in [0.29, 0.717) is 4.47 Å². The molecule has 2 aromatic carbocycles. The number of hydrogen-bond donors (Lipinski definition) is 1. The lowest BCUT2D eigenvalue weighted by atomic mass is 10.1. The predicted octanol–water partition coefficient (Wildman–Crippen LogP) is 3.96. The fourth-order valence-corrected chi connectivity index (χ4v) is 5.76. The lowest BCUT2D eigenvalue weighted by Gasteiger charge is -2.25. The van der Waals surface area contributed by atoms with Crippen LogP contribution >= 0.6 is 27.7 Å². The molecule has 3 rings (SSSR count). The minimum absolute atomic E-state index is 0.167. The Hall–Kier alpha value is -0.820. The van der Waals surface area contributed by atoms with Gasteiger partial charge in [0.25, 0.3) is 0 Å². The van der Waals surface area contributed by atoms with Crippen molar-refractivity contribution < 1.29 is 8.42 Å². The Morgan fingerprint density at radius 3 is 2.62 bits per heavy atom. The zero-order chi connectivity index (χ0) is 14.9. The first-order chi connectivity index (χ1) is 10.1. The Kier molecular flexibility index (Phi) is 4.40. The van der Waals surface area contributed by atoms with E-state index in [1.54, 1.807) is 36.0 Å². The third-order valence-corrected chi connectivity index (χ3v) is 6.99. The molecule has 3 nitrogen and oxygen atoms in total. The number of benzene rings is 2. The predicted molar refractivity (Wildman–Crippen MR) is 89.0 cm³/mol. The molecule has 0 fully saturated rings. The molecule has 1 heterocycles. The number of halogens is 1. The molecular weight excluding hydrogens is 370 g/mol. The van der Waals surface area contributed by atoms with Gasteiger partial charge in [-0.15, -0.1) is 11.8 Å². The van der Waals surface area contributed by atoms with Crippen molar-refractivity contribution in [1.29, 1.82) is 0 Å². The highest BCUT2D eigenvalue weighted by Gasteiger charge is 2.26. The molecule has 6 heteroatoms. The molecule has 1 atom stereocenters. The first-order valence-corrected chi connectivity index (χ1v) is 9.83. The Balaban J connectivity index is 1.93. The Morgan fingerprint density at radius 2 is 1.81 bits per heavy atom. The van der Waals surface area contributed by atoms with Crippen molar-refractivity contribution in [3.05, 3.63) is 58.6 Å². The van der Waals surface area contributed by atoms with E-state index in [0.717, 1.165) is 22.6 Å². The van der Waals surface area contributed by atoms with Gasteiger partial charge in [0.2, 0.25) is 10.0 Å². The summed E-state index contributed by atoms with van der Waals surface area (Å²) >= 11 is 5.08. The third-order valence-electron chi connectivity index (χ3n) is 3.38. The standard InChI is InChI=1S/C15H14BrNO2S2/c16-12-6-2-4-8-15(12)21(18,19)17-13-9-10-20-14-7-3-1-5-11(13)14/h1-8,13,17H,9-10H2. The summed E-state index contributed by atoms with van der Waals surface area (Å²) < 4.78 is 28.6. The molecule has 1 N–H and O–H groups in total. The van der Waals surface area contributed by atoms with Crippen molar-refractivity contribution >= 4 is 37.7 Å². The number of thioether (sulfide) groups is 1. The van der Waals surface area contributed by atoms with Crippen molar-refractivity contribution in [2.24, 2.45) is 0 Å². The molecule has 0 spiro atoms. The van der Waals surface area contributed by atoms with Gasteiger partial charge in [0, 0.05) is 15.4 Å². The molecule has 0 bridgehead atoms. The van der Waals surface area contributed by atoms with E-state index in [9.17, 15) is 8.42 Å². The van der Waals surface area contributed by atoms with Crippen LogP contribution in [0.25, 0.3) is 0 Å². The molecule has 21 heavy (non-hydrogen) atoms. The summed E-state index contributed by atoms with van der Waals surface area (Å²) in [6.45, 7) is 0. The normalized spacial score (nSPS) is 18.2. The van der Waals surface area contributed by atoms with Crippen molar-refractivity contribution in [3.8, 4) is 0 Å². The highest BCUT2D eigenvalue weighted by atomic mass is 79.9. The van der Waals surface area contributed by atoms with E-state index in [4.69, 9.17) is 0 Å². The second-order valence-electron chi connectivity index (χ2n) is 4.78. The molecule has 1 aliphatic rings. The van der Waals surface area contributed by atoms with Crippen LogP contribution in [0.1, 0.15) is 18.0 Å². The third kappa shape index (κ3) is 3.18. The van der Waals surface area contributed by atoms with Crippen molar-refractivity contribution in [2.45, 2.75) is 22.3 Å². The van der Waals surface area contributed by atoms with Gasteiger partial charge in [0.15, 0.2) is 0 Å². The van der Waals surface area contributed by atoms with E-state index < -0.39 is 10.0 Å². The quantitative estimate of drug-likeness (QED) is 0.871. The highest BCUT2D eigenvalue weighted by Crippen LogP contribution is 2.36. The van der Waals surface area contributed by atoms with Gasteiger partial charge in [-0.3, -0.25) is 0 Å². The van der Waals surface area contributed by atoms with Gasteiger partial charge in [-0.25, -0.2) is 13.1 Å². The second kappa shape index (κ2) is 6.12. The number of hydrogen-bond acceptors (Lipinski definition) is 3. The average molecular weight is 384 g/mol. The molecule has 0 amide bonds. The van der Waals surface area contributed by atoms with E-state index in [1.165, 1.54) is 0 Å². The molecule has 0 aliphatic carbocycles. The van der Waals surface area contributed by atoms with Gasteiger partial charge in [0.05, 0.1) is 4.90 Å². The first kappa shape index (κ1) is 15.1. The SMILES string of the molecule is O=S(=O)(NC1CCSc2ccccc21)c1ccccc1Br. The summed E-state index contributed by atoms with van der Waals surface area (Å²) in [4.78, 5) is 1.43. The fraction of sp³-hybridized carbons (Fsp3) is 0.200. The zero-order valence-electron chi connectivity index (χ0n) is 11.1. The van der Waals surface area contributed by atoms with Crippen LogP contribution in [0.3, 0.4) is 0 Å². The molecule has 2 aromatic rings. The minimum Gasteiger partial charge on any atom is -0.207 e. The zero-order valence-corrected chi connectivity index (χ0v) is 14.3. The maximum absolute atomic E-state index is 12.6. The lowest BCUT2D eigenvalue weighted by Crippen LogP contribution is -2.30. The Bertz CT molecular complexity index is 762. The van der Waals surface area contributed by atoms with Gasteiger partial charge >= 0.3 is 0 Å². The number of nitrogens with one attached hydrogen (secondary N) is 1. The maximum atomic E-state index is 12.6. The van der Waals surface area contributed by atoms with Gasteiger partial charge in [-0.2, -0.15) is 0 Å². The largest absolute Gasteiger partial charge is 0.242 e. The number of sulfonamides is 1. The van der Waals surface area contributed by atoms with Crippen LogP contribution in [0, 0.1) is 0 Å². The number of fused-ring (bicyclic) bond motifs is 1. The van der Waals surface area contributed by atoms with E-state index in [2.05, 4.69) is 20.7 Å². The van der Waals surface area contributed by atoms with Crippen LogP contribution in [0.5, 0.6) is 0 Å². The molecule has 0 radical (unpaired) electrons. The maximum Gasteiger partial charge on any atom is 0.242 e. The minimum atomic E-state index is -3.54. The van der Waals surface area contributed by atoms with Crippen LogP contribution in [0.2, 0.25) is 0 Å². The Morgan fingerprint density at radius 1 is 1.10 bits per heavy atom. The van der Waals surface area contributed by atoms with Crippen molar-refractivity contribution in [2.75, 3.05) is 5.75 Å². The molecule has 0 saturated heterocycles. The van der Waals surface area contributed by atoms with Crippen LogP contribution in [-0.4, -0.2) is 14.2 Å². The summed E-state index contributed by atoms with van der Waals surface area (Å²) in [5.41, 5.74) is 1.06. The topological polar surface area (TPSA) is 46.2 Å². The van der Waals surface area contributed by atoms with Crippen molar-refractivity contribution in [3.63, 3.8) is 0 Å². The molecule has 0 saturated carbocycles. The van der Waals surface area contributed by atoms with Crippen LogP contribution in [-0.2, 0) is 10.0 Å². The summed E-state index contributed by atoms with van der Waals surface area (Å²) in [6.07, 6.45) is 0.797. The molecule has 1 unspecified atom stereocenters. The van der Waals surface area contributed by atoms with Crippen LogP contribution in [0.4, 0.5) is 0 Å². The monoisotopic (exact) mass is 383 g/mol. The summed E-state index contributed by atoms with van der Waals surface area (Å²) in [6, 6.07) is 14.7. The lowest BCUT2D eigenvalue weighted by molar-refractivity contribution is 0.545. The van der Waals surface area contributed by atoms with Crippen LogP contribution < -0.4 is 4.72 Å². The van der Waals surface area contributed by atoms with E-state index in [1.807, 2.05) is 24.3 Å². The second-order valence-corrected chi connectivity index (χ2v) is 8.45. The fourth-order valence-electron chi connectivity index (χ4n) is 2.38. The molecule has 0 aromatic heterocycles. The average Bonchev–Trinajstić information content (AvgIpc) is 2.47. The van der Waals surface area contributed by atoms with Gasteiger partial charge < -0.3 is 0 Å². The molecule has 110 valence electrons. The smallest absolute Gasteiger partial charge is 0.207 e. The Labute approximate surface area is 137 Å². The van der Waals surface area contributed by atoms with E-state index >= 15 is 0 Å².